The van der Waals surface area contributed by atoms with E-state index >= 15 is 0 Å². The summed E-state index contributed by atoms with van der Waals surface area (Å²) in [6, 6.07) is 0.738. The van der Waals surface area contributed by atoms with Gasteiger partial charge in [-0.25, -0.2) is 4.98 Å². The number of piperidine rings is 1. The Labute approximate surface area is 97.4 Å². The molecule has 0 spiro atoms. The third kappa shape index (κ3) is 2.62. The Morgan fingerprint density at radius 1 is 1.50 bits per heavy atom. The first kappa shape index (κ1) is 11.6. The average molecular weight is 222 g/mol. The van der Waals surface area contributed by atoms with Gasteiger partial charge in [0.05, 0.1) is 6.54 Å². The second-order valence-corrected chi connectivity index (χ2v) is 4.66. The Balaban J connectivity index is 1.86. The third-order valence-corrected chi connectivity index (χ3v) is 3.61. The summed E-state index contributed by atoms with van der Waals surface area (Å²) in [4.78, 5) is 6.73. The molecule has 2 rings (SSSR count). The molecule has 2 heterocycles. The minimum atomic E-state index is 0.535. The highest BCUT2D eigenvalue weighted by Crippen LogP contribution is 2.18. The Morgan fingerprint density at radius 2 is 2.38 bits per heavy atom. The van der Waals surface area contributed by atoms with E-state index in [0.29, 0.717) is 6.54 Å². The molecule has 2 N–H and O–H groups in total. The van der Waals surface area contributed by atoms with Crippen LogP contribution in [0.1, 0.15) is 31.5 Å². The molecule has 0 amide bonds. The molecule has 0 bridgehead atoms. The zero-order valence-corrected chi connectivity index (χ0v) is 10.1. The molecule has 1 aromatic rings. The van der Waals surface area contributed by atoms with Crippen LogP contribution in [0.2, 0.25) is 0 Å². The fraction of sp³-hybridized carbons (Fsp3) is 0.750. The van der Waals surface area contributed by atoms with Gasteiger partial charge in [-0.05, 0) is 32.9 Å². The molecule has 4 nitrogen and oxygen atoms in total. The molecule has 1 aliphatic rings. The maximum Gasteiger partial charge on any atom is 0.122 e. The van der Waals surface area contributed by atoms with Crippen LogP contribution in [0.3, 0.4) is 0 Å². The van der Waals surface area contributed by atoms with E-state index in [4.69, 9.17) is 5.73 Å². The Hall–Kier alpha value is -0.870. The van der Waals surface area contributed by atoms with E-state index in [-0.39, 0.29) is 0 Å². The van der Waals surface area contributed by atoms with Crippen LogP contribution >= 0.6 is 0 Å². The normalized spacial score (nSPS) is 22.5. The first-order valence-electron chi connectivity index (χ1n) is 6.21. The van der Waals surface area contributed by atoms with E-state index in [0.717, 1.165) is 18.4 Å². The number of rotatable bonds is 4. The number of nitrogens with zero attached hydrogens (tertiary/aromatic N) is 3. The van der Waals surface area contributed by atoms with Crippen molar-refractivity contribution < 1.29 is 0 Å². The smallest absolute Gasteiger partial charge is 0.122 e. The van der Waals surface area contributed by atoms with Crippen molar-refractivity contribution >= 4 is 0 Å². The Morgan fingerprint density at radius 3 is 3.12 bits per heavy atom. The lowest BCUT2D eigenvalue weighted by atomic mass is 10.0. The minimum absolute atomic E-state index is 0.535. The summed E-state index contributed by atoms with van der Waals surface area (Å²) in [5, 5.41) is 0. The van der Waals surface area contributed by atoms with Gasteiger partial charge in [-0.3, -0.25) is 0 Å². The summed E-state index contributed by atoms with van der Waals surface area (Å²) in [7, 11) is 2.24. The zero-order chi connectivity index (χ0) is 11.4. The number of aromatic nitrogens is 2. The lowest BCUT2D eigenvalue weighted by Gasteiger charge is -2.32. The highest BCUT2D eigenvalue weighted by atomic mass is 15.1. The van der Waals surface area contributed by atoms with Crippen LogP contribution < -0.4 is 5.73 Å². The highest BCUT2D eigenvalue weighted by molar-refractivity contribution is 4.91. The lowest BCUT2D eigenvalue weighted by molar-refractivity contribution is 0.171. The van der Waals surface area contributed by atoms with Gasteiger partial charge in [0.25, 0.3) is 0 Å². The number of nitrogens with two attached hydrogens (primary N) is 1. The molecule has 0 saturated carbocycles. The standard InChI is InChI=1S/C12H22N4/c1-15-7-3-2-4-11(15)5-8-16-9-6-14-12(16)10-13/h6,9,11H,2-5,7-8,10,13H2,1H3. The van der Waals surface area contributed by atoms with E-state index in [1.54, 1.807) is 0 Å². The average Bonchev–Trinajstić information content (AvgIpc) is 2.75. The van der Waals surface area contributed by atoms with Crippen LogP contribution in [0.15, 0.2) is 12.4 Å². The molecule has 1 aliphatic heterocycles. The van der Waals surface area contributed by atoms with Gasteiger partial charge in [-0.15, -0.1) is 0 Å². The molecular weight excluding hydrogens is 200 g/mol. The summed E-state index contributed by atoms with van der Waals surface area (Å²) < 4.78 is 2.18. The first-order valence-corrected chi connectivity index (χ1v) is 6.21. The summed E-state index contributed by atoms with van der Waals surface area (Å²) in [5.74, 6) is 0.999. The molecule has 1 aromatic heterocycles. The number of likely N-dealkylation sites (tertiary alicyclic amines) is 1. The molecule has 1 atom stereocenters. The van der Waals surface area contributed by atoms with Gasteiger partial charge in [-0.2, -0.15) is 0 Å². The first-order chi connectivity index (χ1) is 7.81. The summed E-state index contributed by atoms with van der Waals surface area (Å²) in [6.07, 6.45) is 9.15. The van der Waals surface area contributed by atoms with Gasteiger partial charge >= 0.3 is 0 Å². The highest BCUT2D eigenvalue weighted by Gasteiger charge is 2.18. The maximum atomic E-state index is 5.64. The quantitative estimate of drug-likeness (QED) is 0.833. The van der Waals surface area contributed by atoms with Crippen molar-refractivity contribution in [2.45, 2.75) is 44.8 Å². The topological polar surface area (TPSA) is 47.1 Å². The summed E-state index contributed by atoms with van der Waals surface area (Å²) in [6.45, 7) is 2.83. The molecule has 0 aliphatic carbocycles. The van der Waals surface area contributed by atoms with Crippen molar-refractivity contribution in [1.82, 2.24) is 14.5 Å². The van der Waals surface area contributed by atoms with Gasteiger partial charge in [-0.1, -0.05) is 6.42 Å². The molecule has 4 heteroatoms. The SMILES string of the molecule is CN1CCCCC1CCn1ccnc1CN. The van der Waals surface area contributed by atoms with Gasteiger partial charge in [0.15, 0.2) is 0 Å². The Bertz CT molecular complexity index is 321. The van der Waals surface area contributed by atoms with Gasteiger partial charge < -0.3 is 15.2 Å². The predicted molar refractivity (Wildman–Crippen MR) is 65.0 cm³/mol. The van der Waals surface area contributed by atoms with Crippen LogP contribution in [0.25, 0.3) is 0 Å². The van der Waals surface area contributed by atoms with E-state index in [1.165, 1.54) is 32.2 Å². The summed E-state index contributed by atoms with van der Waals surface area (Å²) in [5.41, 5.74) is 5.64. The number of hydrogen-bond acceptors (Lipinski definition) is 3. The molecular formula is C12H22N4. The largest absolute Gasteiger partial charge is 0.334 e. The van der Waals surface area contributed by atoms with Crippen molar-refractivity contribution in [2.24, 2.45) is 5.73 Å². The monoisotopic (exact) mass is 222 g/mol. The van der Waals surface area contributed by atoms with Gasteiger partial charge in [0.2, 0.25) is 0 Å². The molecule has 0 radical (unpaired) electrons. The van der Waals surface area contributed by atoms with Gasteiger partial charge in [0.1, 0.15) is 5.82 Å². The summed E-state index contributed by atoms with van der Waals surface area (Å²) >= 11 is 0. The van der Waals surface area contributed by atoms with E-state index in [9.17, 15) is 0 Å². The fourth-order valence-corrected chi connectivity index (χ4v) is 2.53. The van der Waals surface area contributed by atoms with Crippen molar-refractivity contribution in [3.63, 3.8) is 0 Å². The minimum Gasteiger partial charge on any atom is -0.334 e. The van der Waals surface area contributed by atoms with Crippen LogP contribution in [0, 0.1) is 0 Å². The van der Waals surface area contributed by atoms with Crippen molar-refractivity contribution in [2.75, 3.05) is 13.6 Å². The number of aryl methyl sites for hydroxylation is 1. The third-order valence-electron chi connectivity index (χ3n) is 3.61. The molecule has 1 unspecified atom stereocenters. The predicted octanol–water partition coefficient (Wildman–Crippen LogP) is 1.22. The van der Waals surface area contributed by atoms with Crippen molar-refractivity contribution in [1.29, 1.82) is 0 Å². The molecule has 1 saturated heterocycles. The maximum absolute atomic E-state index is 5.64. The molecule has 90 valence electrons. The zero-order valence-electron chi connectivity index (χ0n) is 10.1. The van der Waals surface area contributed by atoms with E-state index in [1.807, 2.05) is 12.4 Å². The number of hydrogen-bond donors (Lipinski definition) is 1. The lowest BCUT2D eigenvalue weighted by Crippen LogP contribution is -2.36. The molecule has 1 fully saturated rings. The van der Waals surface area contributed by atoms with Crippen LogP contribution in [0.4, 0.5) is 0 Å². The van der Waals surface area contributed by atoms with Gasteiger partial charge in [0, 0.05) is 25.0 Å². The van der Waals surface area contributed by atoms with Crippen LogP contribution in [-0.4, -0.2) is 34.1 Å². The second-order valence-electron chi connectivity index (χ2n) is 4.66. The van der Waals surface area contributed by atoms with E-state index in [2.05, 4.69) is 21.5 Å². The van der Waals surface area contributed by atoms with E-state index < -0.39 is 0 Å². The van der Waals surface area contributed by atoms with Crippen molar-refractivity contribution in [3.8, 4) is 0 Å². The van der Waals surface area contributed by atoms with Crippen LogP contribution in [0.5, 0.6) is 0 Å². The Kier molecular flexibility index (Phi) is 3.96. The van der Waals surface area contributed by atoms with Crippen LogP contribution in [-0.2, 0) is 13.1 Å². The molecule has 0 aromatic carbocycles. The number of imidazole rings is 1. The molecule has 16 heavy (non-hydrogen) atoms. The second kappa shape index (κ2) is 5.46. The fourth-order valence-electron chi connectivity index (χ4n) is 2.53. The van der Waals surface area contributed by atoms with Crippen molar-refractivity contribution in [3.05, 3.63) is 18.2 Å².